The van der Waals surface area contributed by atoms with Crippen LogP contribution in [0.1, 0.15) is 21.7 Å². The van der Waals surface area contributed by atoms with Crippen LogP contribution in [0.4, 0.5) is 0 Å². The molecule has 3 aromatic rings. The van der Waals surface area contributed by atoms with Gasteiger partial charge in [0.1, 0.15) is 18.2 Å². The number of hydrogen-bond donors (Lipinski definition) is 1. The third-order valence-corrected chi connectivity index (χ3v) is 4.19. The van der Waals surface area contributed by atoms with Crippen LogP contribution in [0.25, 0.3) is 0 Å². The molecule has 0 unspecified atom stereocenters. The number of nitrogens with zero attached hydrogens (tertiary/aromatic N) is 3. The van der Waals surface area contributed by atoms with Crippen LogP contribution in [-0.4, -0.2) is 27.0 Å². The van der Waals surface area contributed by atoms with Crippen molar-refractivity contribution in [3.8, 4) is 5.75 Å². The molecule has 7 heteroatoms. The lowest BCUT2D eigenvalue weighted by Gasteiger charge is -2.10. The second-order valence-corrected chi connectivity index (χ2v) is 6.08. The normalized spacial score (nSPS) is 10.5. The van der Waals surface area contributed by atoms with Gasteiger partial charge in [-0.2, -0.15) is 0 Å². The molecule has 1 aromatic heterocycles. The molecule has 3 rings (SSSR count). The van der Waals surface area contributed by atoms with Crippen molar-refractivity contribution in [2.24, 2.45) is 0 Å². The van der Waals surface area contributed by atoms with Gasteiger partial charge in [-0.3, -0.25) is 10.2 Å². The standard InChI is InChI=1S/C18H18N4O2S/c1-13-19-20-18(25-2)22(13)21-17(23)15-8-10-16(11-9-15)24-12-14-6-4-3-5-7-14/h3-11H,12H2,1-2H3,(H,21,23). The molecule has 0 aliphatic heterocycles. The van der Waals surface area contributed by atoms with E-state index in [0.717, 1.165) is 5.56 Å². The summed E-state index contributed by atoms with van der Waals surface area (Å²) in [7, 11) is 0. The summed E-state index contributed by atoms with van der Waals surface area (Å²) in [5.41, 5.74) is 4.42. The summed E-state index contributed by atoms with van der Waals surface area (Å²) in [6.07, 6.45) is 1.88. The molecule has 1 amide bonds. The first-order valence-corrected chi connectivity index (χ1v) is 8.94. The van der Waals surface area contributed by atoms with E-state index in [2.05, 4.69) is 15.6 Å². The number of amides is 1. The van der Waals surface area contributed by atoms with Gasteiger partial charge in [0.15, 0.2) is 0 Å². The Bertz CT molecular complexity index is 847. The molecular formula is C18H18N4O2S. The van der Waals surface area contributed by atoms with Crippen LogP contribution < -0.4 is 10.2 Å². The molecule has 0 aliphatic carbocycles. The zero-order chi connectivity index (χ0) is 17.6. The number of ether oxygens (including phenoxy) is 1. The van der Waals surface area contributed by atoms with Crippen LogP contribution in [0.5, 0.6) is 5.75 Å². The smallest absolute Gasteiger partial charge is 0.270 e. The number of aryl methyl sites for hydroxylation is 1. The molecule has 0 bridgehead atoms. The van der Waals surface area contributed by atoms with Crippen molar-refractivity contribution in [2.45, 2.75) is 18.7 Å². The first-order chi connectivity index (χ1) is 12.2. The second-order valence-electron chi connectivity index (χ2n) is 5.31. The molecule has 128 valence electrons. The van der Waals surface area contributed by atoms with Crippen molar-refractivity contribution in [2.75, 3.05) is 11.7 Å². The van der Waals surface area contributed by atoms with E-state index < -0.39 is 0 Å². The van der Waals surface area contributed by atoms with Gasteiger partial charge in [-0.25, -0.2) is 4.68 Å². The number of rotatable bonds is 6. The summed E-state index contributed by atoms with van der Waals surface area (Å²) in [6.45, 7) is 2.27. The van der Waals surface area contributed by atoms with E-state index in [1.807, 2.05) is 36.6 Å². The highest BCUT2D eigenvalue weighted by Gasteiger charge is 2.12. The number of carbonyl (C=O) groups is 1. The molecule has 25 heavy (non-hydrogen) atoms. The lowest BCUT2D eigenvalue weighted by molar-refractivity contribution is 0.100. The van der Waals surface area contributed by atoms with Crippen LogP contribution in [0.2, 0.25) is 0 Å². The zero-order valence-electron chi connectivity index (χ0n) is 14.0. The van der Waals surface area contributed by atoms with Crippen LogP contribution in [0.15, 0.2) is 59.8 Å². The molecular weight excluding hydrogens is 336 g/mol. The first-order valence-electron chi connectivity index (χ1n) is 7.71. The van der Waals surface area contributed by atoms with E-state index in [-0.39, 0.29) is 5.91 Å². The number of carbonyl (C=O) groups excluding carboxylic acids is 1. The van der Waals surface area contributed by atoms with Crippen molar-refractivity contribution >= 4 is 17.7 Å². The SMILES string of the molecule is CSc1nnc(C)n1NC(=O)c1ccc(OCc2ccccc2)cc1. The predicted octanol–water partition coefficient (Wildman–Crippen LogP) is 3.27. The molecule has 0 atom stereocenters. The van der Waals surface area contributed by atoms with E-state index in [1.165, 1.54) is 11.8 Å². The average Bonchev–Trinajstić information content (AvgIpc) is 3.01. The summed E-state index contributed by atoms with van der Waals surface area (Å²) in [5.74, 6) is 1.11. The number of nitrogens with one attached hydrogen (secondary N) is 1. The van der Waals surface area contributed by atoms with Crippen LogP contribution in [0.3, 0.4) is 0 Å². The quantitative estimate of drug-likeness (QED) is 0.688. The summed E-state index contributed by atoms with van der Waals surface area (Å²) in [4.78, 5) is 12.4. The Hall–Kier alpha value is -2.80. The fourth-order valence-corrected chi connectivity index (χ4v) is 2.70. The minimum Gasteiger partial charge on any atom is -0.489 e. The predicted molar refractivity (Wildman–Crippen MR) is 97.4 cm³/mol. The molecule has 6 nitrogen and oxygen atoms in total. The molecule has 0 radical (unpaired) electrons. The van der Waals surface area contributed by atoms with Gasteiger partial charge in [-0.1, -0.05) is 42.1 Å². The van der Waals surface area contributed by atoms with E-state index in [0.29, 0.717) is 28.9 Å². The largest absolute Gasteiger partial charge is 0.489 e. The Kier molecular flexibility index (Phi) is 5.35. The second kappa shape index (κ2) is 7.85. The van der Waals surface area contributed by atoms with Gasteiger partial charge in [-0.05, 0) is 43.0 Å². The van der Waals surface area contributed by atoms with Gasteiger partial charge in [0.2, 0.25) is 5.16 Å². The molecule has 0 saturated carbocycles. The van der Waals surface area contributed by atoms with Gasteiger partial charge in [0, 0.05) is 5.56 Å². The van der Waals surface area contributed by atoms with E-state index >= 15 is 0 Å². The van der Waals surface area contributed by atoms with Crippen LogP contribution >= 0.6 is 11.8 Å². The zero-order valence-corrected chi connectivity index (χ0v) is 14.8. The third kappa shape index (κ3) is 4.19. The van der Waals surface area contributed by atoms with E-state index in [4.69, 9.17) is 4.74 Å². The van der Waals surface area contributed by atoms with Crippen molar-refractivity contribution in [3.63, 3.8) is 0 Å². The summed E-state index contributed by atoms with van der Waals surface area (Å²) >= 11 is 1.42. The highest BCUT2D eigenvalue weighted by atomic mass is 32.2. The van der Waals surface area contributed by atoms with Gasteiger partial charge in [0.25, 0.3) is 5.91 Å². The monoisotopic (exact) mass is 354 g/mol. The van der Waals surface area contributed by atoms with Gasteiger partial charge < -0.3 is 4.74 Å². The maximum atomic E-state index is 12.4. The van der Waals surface area contributed by atoms with Crippen molar-refractivity contribution in [3.05, 3.63) is 71.5 Å². The first kappa shape index (κ1) is 17.0. The molecule has 0 aliphatic rings. The lowest BCUT2D eigenvalue weighted by atomic mass is 10.2. The van der Waals surface area contributed by atoms with Crippen molar-refractivity contribution in [1.29, 1.82) is 0 Å². The third-order valence-electron chi connectivity index (χ3n) is 3.56. The highest BCUT2D eigenvalue weighted by Crippen LogP contribution is 2.16. The van der Waals surface area contributed by atoms with Gasteiger partial charge in [0.05, 0.1) is 0 Å². The highest BCUT2D eigenvalue weighted by molar-refractivity contribution is 7.98. The fraction of sp³-hybridized carbons (Fsp3) is 0.167. The molecule has 0 saturated heterocycles. The molecule has 1 N–H and O–H groups in total. The van der Waals surface area contributed by atoms with Crippen molar-refractivity contribution in [1.82, 2.24) is 14.9 Å². The van der Waals surface area contributed by atoms with E-state index in [1.54, 1.807) is 35.9 Å². The molecule has 0 fully saturated rings. The maximum absolute atomic E-state index is 12.4. The van der Waals surface area contributed by atoms with Crippen LogP contribution in [0, 0.1) is 6.92 Å². The maximum Gasteiger partial charge on any atom is 0.270 e. The lowest BCUT2D eigenvalue weighted by Crippen LogP contribution is -2.24. The molecule has 2 aromatic carbocycles. The number of hydrogen-bond acceptors (Lipinski definition) is 5. The van der Waals surface area contributed by atoms with Gasteiger partial charge >= 0.3 is 0 Å². The Balaban J connectivity index is 1.63. The Morgan fingerprint density at radius 1 is 1.12 bits per heavy atom. The van der Waals surface area contributed by atoms with E-state index in [9.17, 15) is 4.79 Å². The summed E-state index contributed by atoms with van der Waals surface area (Å²) in [6, 6.07) is 17.0. The average molecular weight is 354 g/mol. The number of benzene rings is 2. The molecule has 1 heterocycles. The summed E-state index contributed by atoms with van der Waals surface area (Å²) < 4.78 is 7.30. The topological polar surface area (TPSA) is 69.0 Å². The number of aromatic nitrogens is 3. The van der Waals surface area contributed by atoms with Gasteiger partial charge in [-0.15, -0.1) is 10.2 Å². The Morgan fingerprint density at radius 3 is 2.52 bits per heavy atom. The Labute approximate surface area is 150 Å². The van der Waals surface area contributed by atoms with Crippen LogP contribution in [-0.2, 0) is 6.61 Å². The minimum atomic E-state index is -0.229. The summed E-state index contributed by atoms with van der Waals surface area (Å²) in [5, 5.41) is 8.58. The van der Waals surface area contributed by atoms with Crippen molar-refractivity contribution < 1.29 is 9.53 Å². The minimum absolute atomic E-state index is 0.229. The fourth-order valence-electron chi connectivity index (χ4n) is 2.21. The molecule has 0 spiro atoms. The Morgan fingerprint density at radius 2 is 1.84 bits per heavy atom. The number of thioether (sulfide) groups is 1.